The number of hydrogen-bond acceptors (Lipinski definition) is 4. The number of fused-ring (bicyclic) bond motifs is 4. The van der Waals surface area contributed by atoms with Crippen LogP contribution in [0.3, 0.4) is 0 Å². The number of benzene rings is 1. The Labute approximate surface area is 176 Å². The molecule has 0 radical (unpaired) electrons. The van der Waals surface area contributed by atoms with Crippen LogP contribution >= 0.6 is 0 Å². The van der Waals surface area contributed by atoms with Gasteiger partial charge in [0.15, 0.2) is 0 Å². The molecule has 0 bridgehead atoms. The van der Waals surface area contributed by atoms with Gasteiger partial charge in [-0.3, -0.25) is 14.5 Å². The van der Waals surface area contributed by atoms with E-state index in [1.165, 1.54) is 5.56 Å². The van der Waals surface area contributed by atoms with E-state index in [-0.39, 0.29) is 18.4 Å². The molecule has 1 aromatic carbocycles. The van der Waals surface area contributed by atoms with Gasteiger partial charge in [-0.25, -0.2) is 0 Å². The Morgan fingerprint density at radius 3 is 2.70 bits per heavy atom. The number of rotatable bonds is 4. The van der Waals surface area contributed by atoms with Crippen LogP contribution in [0.4, 0.5) is 0 Å². The normalized spacial score (nSPS) is 24.3. The maximum Gasteiger partial charge on any atom is 0.246 e. The number of ether oxygens (including phenoxy) is 1. The smallest absolute Gasteiger partial charge is 0.246 e. The molecular weight excluding hydrogens is 380 g/mol. The fraction of sp³-hybridized carbons (Fsp3) is 0.565. The second-order valence-corrected chi connectivity index (χ2v) is 9.13. The van der Waals surface area contributed by atoms with Gasteiger partial charge in [-0.15, -0.1) is 0 Å². The van der Waals surface area contributed by atoms with Crippen molar-refractivity contribution < 1.29 is 14.3 Å². The third-order valence-electron chi connectivity index (χ3n) is 6.93. The Hall–Kier alpha value is -2.38. The lowest BCUT2D eigenvalue weighted by atomic mass is 9.82. The molecule has 0 saturated carbocycles. The summed E-state index contributed by atoms with van der Waals surface area (Å²) in [5, 5.41) is 1.16. The van der Waals surface area contributed by atoms with Crippen molar-refractivity contribution in [2.24, 2.45) is 0 Å². The van der Waals surface area contributed by atoms with Crippen molar-refractivity contribution in [2.75, 3.05) is 45.9 Å². The van der Waals surface area contributed by atoms with E-state index in [1.54, 1.807) is 4.90 Å². The second-order valence-electron chi connectivity index (χ2n) is 9.13. The van der Waals surface area contributed by atoms with Crippen molar-refractivity contribution in [3.05, 3.63) is 35.5 Å². The number of H-pyrrole nitrogens is 1. The predicted molar refractivity (Wildman–Crippen MR) is 114 cm³/mol. The molecule has 30 heavy (non-hydrogen) atoms. The largest absolute Gasteiger partial charge is 0.379 e. The standard InChI is InChI=1S/C23H30N4O3/c1-23(2)21-17(16-6-3-4-7-18(16)24-21)14-19-22(29)26(15-20(28)27(19)23)9-5-8-25-10-12-30-13-11-25/h3-4,6-7,19,24H,5,8-15H2,1-2H3/t19-/m1/s1. The number of amides is 2. The summed E-state index contributed by atoms with van der Waals surface area (Å²) in [6, 6.07) is 7.78. The van der Waals surface area contributed by atoms with Gasteiger partial charge >= 0.3 is 0 Å². The van der Waals surface area contributed by atoms with Crippen molar-refractivity contribution in [1.82, 2.24) is 19.7 Å². The van der Waals surface area contributed by atoms with Crippen LogP contribution in [-0.4, -0.2) is 83.5 Å². The fourth-order valence-electron chi connectivity index (χ4n) is 5.44. The third-order valence-corrected chi connectivity index (χ3v) is 6.93. The molecule has 4 heterocycles. The van der Waals surface area contributed by atoms with Crippen LogP contribution in [0.15, 0.2) is 24.3 Å². The van der Waals surface area contributed by atoms with E-state index in [0.717, 1.165) is 55.9 Å². The maximum absolute atomic E-state index is 13.4. The minimum Gasteiger partial charge on any atom is -0.379 e. The first-order chi connectivity index (χ1) is 14.5. The SMILES string of the molecule is CC1(C)c2[nH]c3ccccc3c2C[C@@H]2C(=O)N(CCCN3CCOCC3)CC(=O)N21. The number of morpholine rings is 1. The van der Waals surface area contributed by atoms with Gasteiger partial charge in [-0.1, -0.05) is 18.2 Å². The Bertz CT molecular complexity index is 976. The molecule has 2 saturated heterocycles. The molecule has 2 amide bonds. The number of nitrogens with zero attached hydrogens (tertiary/aromatic N) is 3. The first kappa shape index (κ1) is 19.6. The average molecular weight is 411 g/mol. The zero-order chi connectivity index (χ0) is 20.9. The summed E-state index contributed by atoms with van der Waals surface area (Å²) in [4.78, 5) is 36.1. The number of hydrogen-bond donors (Lipinski definition) is 1. The van der Waals surface area contributed by atoms with Crippen molar-refractivity contribution >= 4 is 22.7 Å². The third kappa shape index (κ3) is 3.11. The molecule has 3 aliphatic rings. The van der Waals surface area contributed by atoms with Gasteiger partial charge < -0.3 is 19.5 Å². The molecule has 1 atom stereocenters. The van der Waals surface area contributed by atoms with Crippen molar-refractivity contribution in [1.29, 1.82) is 0 Å². The lowest BCUT2D eigenvalue weighted by molar-refractivity contribution is -0.163. The topological polar surface area (TPSA) is 68.9 Å². The zero-order valence-electron chi connectivity index (χ0n) is 17.8. The number of para-hydroxylation sites is 1. The molecule has 7 heteroatoms. The van der Waals surface area contributed by atoms with Crippen LogP contribution in [0.25, 0.3) is 10.9 Å². The number of carbonyl (C=O) groups excluding carboxylic acids is 2. The number of piperazine rings is 1. The Kier molecular flexibility index (Phi) is 4.82. The molecule has 0 spiro atoms. The summed E-state index contributed by atoms with van der Waals surface area (Å²) >= 11 is 0. The fourth-order valence-corrected chi connectivity index (χ4v) is 5.44. The van der Waals surface area contributed by atoms with E-state index < -0.39 is 11.6 Å². The van der Waals surface area contributed by atoms with Crippen LogP contribution in [0, 0.1) is 0 Å². The minimum atomic E-state index is -0.538. The van der Waals surface area contributed by atoms with Crippen molar-refractivity contribution in [3.63, 3.8) is 0 Å². The summed E-state index contributed by atoms with van der Waals surface area (Å²) in [7, 11) is 0. The number of aromatic amines is 1. The Morgan fingerprint density at radius 2 is 1.90 bits per heavy atom. The molecule has 7 nitrogen and oxygen atoms in total. The van der Waals surface area contributed by atoms with Gasteiger partial charge in [-0.2, -0.15) is 0 Å². The predicted octanol–water partition coefficient (Wildman–Crippen LogP) is 1.72. The van der Waals surface area contributed by atoms with Crippen molar-refractivity contribution in [3.8, 4) is 0 Å². The number of carbonyl (C=O) groups is 2. The first-order valence-electron chi connectivity index (χ1n) is 11.0. The summed E-state index contributed by atoms with van der Waals surface area (Å²) in [6.45, 7) is 9.29. The van der Waals surface area contributed by atoms with Gasteiger partial charge in [0.2, 0.25) is 11.8 Å². The highest BCUT2D eigenvalue weighted by molar-refractivity contribution is 5.97. The van der Waals surface area contributed by atoms with Crippen LogP contribution in [-0.2, 0) is 26.3 Å². The number of nitrogens with one attached hydrogen (secondary N) is 1. The highest BCUT2D eigenvalue weighted by Crippen LogP contribution is 2.42. The monoisotopic (exact) mass is 410 g/mol. The molecule has 2 fully saturated rings. The van der Waals surface area contributed by atoms with E-state index in [4.69, 9.17) is 4.74 Å². The average Bonchev–Trinajstić information content (AvgIpc) is 3.12. The summed E-state index contributed by atoms with van der Waals surface area (Å²) < 4.78 is 5.40. The van der Waals surface area contributed by atoms with Gasteiger partial charge in [0.25, 0.3) is 0 Å². The highest BCUT2D eigenvalue weighted by Gasteiger charge is 2.51. The van der Waals surface area contributed by atoms with Crippen LogP contribution < -0.4 is 0 Å². The maximum atomic E-state index is 13.4. The van der Waals surface area contributed by atoms with Gasteiger partial charge in [0.1, 0.15) is 6.04 Å². The van der Waals surface area contributed by atoms with Crippen LogP contribution in [0.1, 0.15) is 31.5 Å². The minimum absolute atomic E-state index is 0.0419. The lowest BCUT2D eigenvalue weighted by Crippen LogP contribution is -2.67. The van der Waals surface area contributed by atoms with Crippen LogP contribution in [0.5, 0.6) is 0 Å². The van der Waals surface area contributed by atoms with Crippen LogP contribution in [0.2, 0.25) is 0 Å². The molecule has 1 aromatic heterocycles. The molecule has 0 aliphatic carbocycles. The zero-order valence-corrected chi connectivity index (χ0v) is 17.8. The van der Waals surface area contributed by atoms with Crippen molar-refractivity contribution in [2.45, 2.75) is 38.3 Å². The van der Waals surface area contributed by atoms with Gasteiger partial charge in [0, 0.05) is 49.2 Å². The summed E-state index contributed by atoms with van der Waals surface area (Å²) in [5.41, 5.74) is 2.76. The Morgan fingerprint density at radius 1 is 1.13 bits per heavy atom. The van der Waals surface area contributed by atoms with E-state index in [2.05, 4.69) is 22.0 Å². The quantitative estimate of drug-likeness (QED) is 0.833. The molecule has 2 aromatic rings. The molecule has 5 rings (SSSR count). The molecule has 0 unspecified atom stereocenters. The number of aromatic nitrogens is 1. The lowest BCUT2D eigenvalue weighted by Gasteiger charge is -2.51. The summed E-state index contributed by atoms with van der Waals surface area (Å²) in [6.07, 6.45) is 1.46. The van der Waals surface area contributed by atoms with Gasteiger partial charge in [-0.05, 0) is 31.9 Å². The van der Waals surface area contributed by atoms with E-state index in [9.17, 15) is 9.59 Å². The van der Waals surface area contributed by atoms with E-state index >= 15 is 0 Å². The molecule has 160 valence electrons. The molecular formula is C23H30N4O3. The highest BCUT2D eigenvalue weighted by atomic mass is 16.5. The molecule has 3 aliphatic heterocycles. The first-order valence-corrected chi connectivity index (χ1v) is 11.0. The van der Waals surface area contributed by atoms with E-state index in [0.29, 0.717) is 13.0 Å². The van der Waals surface area contributed by atoms with Gasteiger partial charge in [0.05, 0.1) is 25.3 Å². The summed E-state index contributed by atoms with van der Waals surface area (Å²) in [5.74, 6) is 0.126. The Balaban J connectivity index is 1.37. The second kappa shape index (κ2) is 7.39. The van der Waals surface area contributed by atoms with E-state index in [1.807, 2.05) is 30.9 Å². The molecule has 1 N–H and O–H groups in total.